The van der Waals surface area contributed by atoms with E-state index in [1.165, 1.54) is 12.1 Å². The van der Waals surface area contributed by atoms with Crippen molar-refractivity contribution in [3.05, 3.63) is 29.6 Å². The maximum Gasteiger partial charge on any atom is 0.126 e. The van der Waals surface area contributed by atoms with Crippen molar-refractivity contribution >= 4 is 0 Å². The molecule has 1 unspecified atom stereocenters. The van der Waals surface area contributed by atoms with Crippen molar-refractivity contribution in [2.24, 2.45) is 0 Å². The van der Waals surface area contributed by atoms with E-state index in [0.29, 0.717) is 18.3 Å². The standard InChI is InChI=1S/C10H11FO/c1-7-4-5-12-10-6-8(11)2-3-9(7)10/h2-3,6-7H,4-5H2,1H3. The molecule has 64 valence electrons. The summed E-state index contributed by atoms with van der Waals surface area (Å²) >= 11 is 0. The minimum atomic E-state index is -0.220. The lowest BCUT2D eigenvalue weighted by atomic mass is 9.95. The van der Waals surface area contributed by atoms with Gasteiger partial charge >= 0.3 is 0 Å². The zero-order valence-electron chi connectivity index (χ0n) is 7.01. The Balaban J connectivity index is 2.46. The topological polar surface area (TPSA) is 9.23 Å². The Hall–Kier alpha value is -1.05. The van der Waals surface area contributed by atoms with Crippen molar-refractivity contribution in [1.29, 1.82) is 0 Å². The predicted octanol–water partition coefficient (Wildman–Crippen LogP) is 2.71. The lowest BCUT2D eigenvalue weighted by molar-refractivity contribution is 0.271. The van der Waals surface area contributed by atoms with Crippen molar-refractivity contribution < 1.29 is 9.13 Å². The van der Waals surface area contributed by atoms with Gasteiger partial charge in [-0.3, -0.25) is 0 Å². The summed E-state index contributed by atoms with van der Waals surface area (Å²) in [7, 11) is 0. The molecule has 2 heteroatoms. The molecule has 12 heavy (non-hydrogen) atoms. The average Bonchev–Trinajstić information content (AvgIpc) is 2.04. The van der Waals surface area contributed by atoms with Crippen molar-refractivity contribution in [2.45, 2.75) is 19.3 Å². The summed E-state index contributed by atoms with van der Waals surface area (Å²) in [6.07, 6.45) is 1.03. The number of hydrogen-bond acceptors (Lipinski definition) is 1. The summed E-state index contributed by atoms with van der Waals surface area (Å²) in [5.41, 5.74) is 1.13. The van der Waals surface area contributed by atoms with Gasteiger partial charge in [-0.2, -0.15) is 0 Å². The third-order valence-electron chi connectivity index (χ3n) is 2.31. The quantitative estimate of drug-likeness (QED) is 0.575. The minimum absolute atomic E-state index is 0.220. The molecule has 0 saturated heterocycles. The molecule has 1 heterocycles. The van der Waals surface area contributed by atoms with Crippen LogP contribution in [0.2, 0.25) is 0 Å². The van der Waals surface area contributed by atoms with Gasteiger partial charge in [0.1, 0.15) is 11.6 Å². The molecule has 0 aromatic heterocycles. The zero-order valence-corrected chi connectivity index (χ0v) is 7.01. The first-order valence-corrected chi connectivity index (χ1v) is 4.19. The van der Waals surface area contributed by atoms with Crippen molar-refractivity contribution in [3.63, 3.8) is 0 Å². The first kappa shape index (κ1) is 7.59. The van der Waals surface area contributed by atoms with E-state index in [-0.39, 0.29) is 5.82 Å². The maximum atomic E-state index is 12.7. The Morgan fingerprint density at radius 3 is 3.17 bits per heavy atom. The van der Waals surface area contributed by atoms with Crippen LogP contribution in [0.1, 0.15) is 24.8 Å². The van der Waals surface area contributed by atoms with Crippen LogP contribution in [0.3, 0.4) is 0 Å². The molecule has 0 bridgehead atoms. The van der Waals surface area contributed by atoms with Gasteiger partial charge in [0.25, 0.3) is 0 Å². The lowest BCUT2D eigenvalue weighted by Crippen LogP contribution is -2.11. The van der Waals surface area contributed by atoms with E-state index in [2.05, 4.69) is 6.92 Å². The summed E-state index contributed by atoms with van der Waals surface area (Å²) in [6.45, 7) is 2.84. The highest BCUT2D eigenvalue weighted by Gasteiger charge is 2.17. The highest BCUT2D eigenvalue weighted by Crippen LogP contribution is 2.33. The second-order valence-corrected chi connectivity index (χ2v) is 3.22. The lowest BCUT2D eigenvalue weighted by Gasteiger charge is -2.22. The molecule has 0 spiro atoms. The highest BCUT2D eigenvalue weighted by atomic mass is 19.1. The first-order chi connectivity index (χ1) is 5.77. The Labute approximate surface area is 71.2 Å². The Morgan fingerprint density at radius 1 is 1.50 bits per heavy atom. The molecule has 1 aromatic carbocycles. The fourth-order valence-electron chi connectivity index (χ4n) is 1.54. The fourth-order valence-corrected chi connectivity index (χ4v) is 1.54. The third-order valence-corrected chi connectivity index (χ3v) is 2.31. The Morgan fingerprint density at radius 2 is 2.33 bits per heavy atom. The summed E-state index contributed by atoms with van der Waals surface area (Å²) < 4.78 is 18.1. The van der Waals surface area contributed by atoms with Gasteiger partial charge in [0.2, 0.25) is 0 Å². The van der Waals surface area contributed by atoms with Crippen molar-refractivity contribution in [3.8, 4) is 5.75 Å². The van der Waals surface area contributed by atoms with Gasteiger partial charge < -0.3 is 4.74 Å². The Kier molecular flexibility index (Phi) is 1.75. The van der Waals surface area contributed by atoms with E-state index in [0.717, 1.165) is 12.0 Å². The molecule has 0 fully saturated rings. The highest BCUT2D eigenvalue weighted by molar-refractivity contribution is 5.37. The monoisotopic (exact) mass is 166 g/mol. The van der Waals surface area contributed by atoms with Crippen molar-refractivity contribution in [1.82, 2.24) is 0 Å². The summed E-state index contributed by atoms with van der Waals surface area (Å²) in [4.78, 5) is 0. The molecule has 1 aliphatic heterocycles. The number of benzene rings is 1. The number of hydrogen-bond donors (Lipinski definition) is 0. The number of ether oxygens (including phenoxy) is 1. The van der Waals surface area contributed by atoms with E-state index in [4.69, 9.17) is 4.74 Å². The number of fused-ring (bicyclic) bond motifs is 1. The van der Waals surface area contributed by atoms with E-state index >= 15 is 0 Å². The third kappa shape index (κ3) is 1.17. The molecule has 0 N–H and O–H groups in total. The van der Waals surface area contributed by atoms with Gasteiger partial charge in [-0.25, -0.2) is 4.39 Å². The molecule has 0 aliphatic carbocycles. The Bertz CT molecular complexity index is 296. The molecule has 2 rings (SSSR count). The van der Waals surface area contributed by atoms with Gasteiger partial charge in [0, 0.05) is 6.07 Å². The maximum absolute atomic E-state index is 12.7. The molecule has 1 aliphatic rings. The SMILES string of the molecule is CC1CCOc2cc(F)ccc21. The van der Waals surface area contributed by atoms with Gasteiger partial charge in [-0.1, -0.05) is 13.0 Å². The van der Waals surface area contributed by atoms with Crippen molar-refractivity contribution in [2.75, 3.05) is 6.61 Å². The number of halogens is 1. The smallest absolute Gasteiger partial charge is 0.126 e. The van der Waals surface area contributed by atoms with E-state index in [1.54, 1.807) is 0 Å². The predicted molar refractivity (Wildman–Crippen MR) is 44.9 cm³/mol. The van der Waals surface area contributed by atoms with Crippen LogP contribution in [0.5, 0.6) is 5.75 Å². The number of rotatable bonds is 0. The normalized spacial score (nSPS) is 21.3. The largest absolute Gasteiger partial charge is 0.493 e. The average molecular weight is 166 g/mol. The molecule has 0 saturated carbocycles. The second kappa shape index (κ2) is 2.77. The van der Waals surface area contributed by atoms with Crippen LogP contribution >= 0.6 is 0 Å². The molecular weight excluding hydrogens is 155 g/mol. The summed E-state index contributed by atoms with van der Waals surface area (Å²) in [5, 5.41) is 0. The van der Waals surface area contributed by atoms with Crippen LogP contribution in [0, 0.1) is 5.82 Å². The van der Waals surface area contributed by atoms with Gasteiger partial charge in [0.05, 0.1) is 6.61 Å². The molecule has 0 amide bonds. The van der Waals surface area contributed by atoms with Gasteiger partial charge in [-0.15, -0.1) is 0 Å². The summed E-state index contributed by atoms with van der Waals surface area (Å²) in [5.74, 6) is 0.992. The van der Waals surface area contributed by atoms with E-state index in [1.807, 2.05) is 6.07 Å². The molecular formula is C10H11FO. The second-order valence-electron chi connectivity index (χ2n) is 3.22. The van der Waals surface area contributed by atoms with Crippen LogP contribution in [-0.2, 0) is 0 Å². The minimum Gasteiger partial charge on any atom is -0.493 e. The molecule has 0 radical (unpaired) electrons. The van der Waals surface area contributed by atoms with E-state index < -0.39 is 0 Å². The summed E-state index contributed by atoms with van der Waals surface area (Å²) in [6, 6.07) is 4.77. The molecule has 1 atom stereocenters. The zero-order chi connectivity index (χ0) is 8.55. The van der Waals surface area contributed by atoms with Crippen LogP contribution in [0.15, 0.2) is 18.2 Å². The molecule has 1 nitrogen and oxygen atoms in total. The van der Waals surface area contributed by atoms with Crippen LogP contribution < -0.4 is 4.74 Å². The molecule has 1 aromatic rings. The fraction of sp³-hybridized carbons (Fsp3) is 0.400. The van der Waals surface area contributed by atoms with Crippen LogP contribution in [-0.4, -0.2) is 6.61 Å². The van der Waals surface area contributed by atoms with Gasteiger partial charge in [-0.05, 0) is 24.0 Å². The van der Waals surface area contributed by atoms with E-state index in [9.17, 15) is 4.39 Å². The van der Waals surface area contributed by atoms with Crippen LogP contribution in [0.4, 0.5) is 4.39 Å². The van der Waals surface area contributed by atoms with Gasteiger partial charge in [0.15, 0.2) is 0 Å². The first-order valence-electron chi connectivity index (χ1n) is 4.19. The van der Waals surface area contributed by atoms with Crippen LogP contribution in [0.25, 0.3) is 0 Å².